The number of aryl methyl sites for hydroxylation is 1. The summed E-state index contributed by atoms with van der Waals surface area (Å²) in [5.74, 6) is 0. The molecule has 0 unspecified atom stereocenters. The molecule has 0 fully saturated rings. The summed E-state index contributed by atoms with van der Waals surface area (Å²) in [6.45, 7) is 2.96. The summed E-state index contributed by atoms with van der Waals surface area (Å²) in [4.78, 5) is 0. The van der Waals surface area contributed by atoms with Gasteiger partial charge in [0.25, 0.3) is 0 Å². The predicted octanol–water partition coefficient (Wildman–Crippen LogP) is 3.73. The second-order valence-electron chi connectivity index (χ2n) is 4.21. The van der Waals surface area contributed by atoms with E-state index < -0.39 is 0 Å². The van der Waals surface area contributed by atoms with Gasteiger partial charge in [-0.1, -0.05) is 31.2 Å². The van der Waals surface area contributed by atoms with Gasteiger partial charge in [-0.25, -0.2) is 0 Å². The van der Waals surface area contributed by atoms with Crippen LogP contribution in [0.15, 0.2) is 48.5 Å². The minimum atomic E-state index is 0.688. The molecule has 0 aliphatic rings. The Morgan fingerprint density at radius 3 is 2.11 bits per heavy atom. The molecule has 2 heteroatoms. The van der Waals surface area contributed by atoms with Crippen LogP contribution < -0.4 is 5.32 Å². The maximum absolute atomic E-state index is 8.72. The van der Waals surface area contributed by atoms with E-state index in [4.69, 9.17) is 5.26 Å². The zero-order valence-electron chi connectivity index (χ0n) is 10.5. The molecule has 0 bridgehead atoms. The van der Waals surface area contributed by atoms with Crippen molar-refractivity contribution in [1.29, 1.82) is 5.26 Å². The monoisotopic (exact) mass is 236 g/mol. The van der Waals surface area contributed by atoms with Gasteiger partial charge in [-0.05, 0) is 41.8 Å². The first kappa shape index (κ1) is 12.2. The largest absolute Gasteiger partial charge is 0.381 e. The first-order chi connectivity index (χ1) is 8.81. The molecule has 0 saturated carbocycles. The predicted molar refractivity (Wildman–Crippen MR) is 74.3 cm³/mol. The van der Waals surface area contributed by atoms with Gasteiger partial charge in [0.2, 0.25) is 0 Å². The fraction of sp³-hybridized carbons (Fsp3) is 0.188. The highest BCUT2D eigenvalue weighted by molar-refractivity contribution is 5.47. The quantitative estimate of drug-likeness (QED) is 0.878. The molecular formula is C16H16N2. The Balaban J connectivity index is 1.95. The van der Waals surface area contributed by atoms with E-state index in [0.29, 0.717) is 5.56 Å². The van der Waals surface area contributed by atoms with Crippen LogP contribution in [0.3, 0.4) is 0 Å². The standard InChI is InChI=1S/C16H16N2/c1-2-13-3-5-15(6-4-13)12-18-16-9-7-14(11-17)8-10-16/h3-10,18H,2,12H2,1H3. The molecular weight excluding hydrogens is 220 g/mol. The van der Waals surface area contributed by atoms with Gasteiger partial charge >= 0.3 is 0 Å². The molecule has 1 N–H and O–H groups in total. The summed E-state index contributed by atoms with van der Waals surface area (Å²) in [5, 5.41) is 12.1. The van der Waals surface area contributed by atoms with Crippen LogP contribution in [0.4, 0.5) is 5.69 Å². The molecule has 0 saturated heterocycles. The highest BCUT2D eigenvalue weighted by atomic mass is 14.9. The van der Waals surface area contributed by atoms with Gasteiger partial charge in [0.05, 0.1) is 11.6 Å². The van der Waals surface area contributed by atoms with Crippen molar-refractivity contribution >= 4 is 5.69 Å². The van der Waals surface area contributed by atoms with E-state index in [1.165, 1.54) is 11.1 Å². The van der Waals surface area contributed by atoms with Crippen molar-refractivity contribution in [2.75, 3.05) is 5.32 Å². The van der Waals surface area contributed by atoms with Gasteiger partial charge in [0.1, 0.15) is 0 Å². The number of nitrogens with zero attached hydrogens (tertiary/aromatic N) is 1. The lowest BCUT2D eigenvalue weighted by atomic mass is 10.1. The van der Waals surface area contributed by atoms with Crippen LogP contribution >= 0.6 is 0 Å². The second-order valence-corrected chi connectivity index (χ2v) is 4.21. The summed E-state index contributed by atoms with van der Waals surface area (Å²) < 4.78 is 0. The number of nitriles is 1. The summed E-state index contributed by atoms with van der Waals surface area (Å²) in [6.07, 6.45) is 1.07. The van der Waals surface area contributed by atoms with Crippen LogP contribution in [-0.4, -0.2) is 0 Å². The molecule has 90 valence electrons. The van der Waals surface area contributed by atoms with E-state index in [9.17, 15) is 0 Å². The Hall–Kier alpha value is -2.27. The first-order valence-corrected chi connectivity index (χ1v) is 6.13. The Bertz CT molecular complexity index is 533. The maximum atomic E-state index is 8.72. The van der Waals surface area contributed by atoms with Crippen LogP contribution in [0.5, 0.6) is 0 Å². The zero-order valence-corrected chi connectivity index (χ0v) is 10.5. The molecule has 2 rings (SSSR count). The third kappa shape index (κ3) is 3.11. The van der Waals surface area contributed by atoms with Crippen molar-refractivity contribution in [1.82, 2.24) is 0 Å². The number of hydrogen-bond donors (Lipinski definition) is 1. The molecule has 0 spiro atoms. The highest BCUT2D eigenvalue weighted by Gasteiger charge is 1.95. The van der Waals surface area contributed by atoms with Gasteiger partial charge in [-0.3, -0.25) is 0 Å². The van der Waals surface area contributed by atoms with Crippen LogP contribution in [0.2, 0.25) is 0 Å². The fourth-order valence-electron chi connectivity index (χ4n) is 1.76. The Morgan fingerprint density at radius 1 is 0.944 bits per heavy atom. The number of benzene rings is 2. The van der Waals surface area contributed by atoms with E-state index in [2.05, 4.69) is 42.6 Å². The number of nitrogens with one attached hydrogen (secondary N) is 1. The number of hydrogen-bond acceptors (Lipinski definition) is 2. The number of anilines is 1. The minimum absolute atomic E-state index is 0.688. The maximum Gasteiger partial charge on any atom is 0.0991 e. The Kier molecular flexibility index (Phi) is 3.98. The smallest absolute Gasteiger partial charge is 0.0991 e. The summed E-state index contributed by atoms with van der Waals surface area (Å²) >= 11 is 0. The highest BCUT2D eigenvalue weighted by Crippen LogP contribution is 2.11. The Morgan fingerprint density at radius 2 is 1.56 bits per heavy atom. The molecule has 2 aromatic carbocycles. The van der Waals surface area contributed by atoms with Crippen LogP contribution in [-0.2, 0) is 13.0 Å². The molecule has 2 aromatic rings. The number of rotatable bonds is 4. The third-order valence-electron chi connectivity index (χ3n) is 2.94. The lowest BCUT2D eigenvalue weighted by Gasteiger charge is -2.07. The van der Waals surface area contributed by atoms with Crippen molar-refractivity contribution in [2.24, 2.45) is 0 Å². The topological polar surface area (TPSA) is 35.8 Å². The van der Waals surface area contributed by atoms with Crippen molar-refractivity contribution in [3.05, 3.63) is 65.2 Å². The SMILES string of the molecule is CCc1ccc(CNc2ccc(C#N)cc2)cc1. The van der Waals surface area contributed by atoms with Crippen LogP contribution in [0, 0.1) is 11.3 Å². The average molecular weight is 236 g/mol. The van der Waals surface area contributed by atoms with Crippen molar-refractivity contribution < 1.29 is 0 Å². The molecule has 2 nitrogen and oxygen atoms in total. The van der Waals surface area contributed by atoms with Gasteiger partial charge in [0, 0.05) is 12.2 Å². The van der Waals surface area contributed by atoms with Crippen molar-refractivity contribution in [2.45, 2.75) is 19.9 Å². The fourth-order valence-corrected chi connectivity index (χ4v) is 1.76. The normalized spacial score (nSPS) is 9.78. The molecule has 18 heavy (non-hydrogen) atoms. The third-order valence-corrected chi connectivity index (χ3v) is 2.94. The summed E-state index contributed by atoms with van der Waals surface area (Å²) in [7, 11) is 0. The van der Waals surface area contributed by atoms with Crippen LogP contribution in [0.25, 0.3) is 0 Å². The van der Waals surface area contributed by atoms with Crippen molar-refractivity contribution in [3.63, 3.8) is 0 Å². The molecule has 0 aliphatic carbocycles. The zero-order chi connectivity index (χ0) is 12.8. The summed E-state index contributed by atoms with van der Waals surface area (Å²) in [5.41, 5.74) is 4.34. The Labute approximate surface area is 108 Å². The molecule has 0 atom stereocenters. The van der Waals surface area contributed by atoms with E-state index in [1.807, 2.05) is 24.3 Å². The van der Waals surface area contributed by atoms with E-state index >= 15 is 0 Å². The average Bonchev–Trinajstić information content (AvgIpc) is 2.46. The van der Waals surface area contributed by atoms with E-state index in [-0.39, 0.29) is 0 Å². The molecule has 0 aromatic heterocycles. The lowest BCUT2D eigenvalue weighted by molar-refractivity contribution is 1.11. The van der Waals surface area contributed by atoms with Crippen LogP contribution in [0.1, 0.15) is 23.6 Å². The molecule has 0 aliphatic heterocycles. The van der Waals surface area contributed by atoms with Gasteiger partial charge in [-0.2, -0.15) is 5.26 Å². The molecule has 0 heterocycles. The minimum Gasteiger partial charge on any atom is -0.381 e. The van der Waals surface area contributed by atoms with Crippen molar-refractivity contribution in [3.8, 4) is 6.07 Å². The van der Waals surface area contributed by atoms with E-state index in [0.717, 1.165) is 18.7 Å². The lowest BCUT2D eigenvalue weighted by Crippen LogP contribution is -1.99. The van der Waals surface area contributed by atoms with Gasteiger partial charge in [0.15, 0.2) is 0 Å². The molecule has 0 amide bonds. The first-order valence-electron chi connectivity index (χ1n) is 6.13. The van der Waals surface area contributed by atoms with E-state index in [1.54, 1.807) is 0 Å². The molecule has 0 radical (unpaired) electrons. The summed E-state index contributed by atoms with van der Waals surface area (Å²) in [6, 6.07) is 18.2. The van der Waals surface area contributed by atoms with Gasteiger partial charge < -0.3 is 5.32 Å². The van der Waals surface area contributed by atoms with Gasteiger partial charge in [-0.15, -0.1) is 0 Å². The second kappa shape index (κ2) is 5.88.